The van der Waals surface area contributed by atoms with Gasteiger partial charge in [0.15, 0.2) is 0 Å². The fourth-order valence-electron chi connectivity index (χ4n) is 7.31. The van der Waals surface area contributed by atoms with Crippen LogP contribution in [-0.4, -0.2) is 44.0 Å². The first kappa shape index (κ1) is 31.9. The van der Waals surface area contributed by atoms with E-state index in [1.807, 2.05) is 0 Å². The molecule has 6 heterocycles. The summed E-state index contributed by atoms with van der Waals surface area (Å²) in [6, 6.07) is 56.6. The van der Waals surface area contributed by atoms with Gasteiger partial charge in [-0.25, -0.2) is 0 Å². The molecule has 0 fully saturated rings. The minimum absolute atomic E-state index is 0.128. The van der Waals surface area contributed by atoms with E-state index in [2.05, 4.69) is 187 Å². The topological polar surface area (TPSA) is 41.6 Å². The predicted molar refractivity (Wildman–Crippen MR) is 226 cm³/mol. The molecule has 53 heavy (non-hydrogen) atoms. The molecule has 4 aromatic heterocycles. The van der Waals surface area contributed by atoms with Crippen LogP contribution in [0.2, 0.25) is 0 Å². The van der Waals surface area contributed by atoms with Crippen LogP contribution in [0.3, 0.4) is 0 Å². The molecule has 250 valence electrons. The van der Waals surface area contributed by atoms with Crippen LogP contribution in [0.5, 0.6) is 0 Å². The van der Waals surface area contributed by atoms with Crippen LogP contribution in [0.1, 0.15) is 22.8 Å². The van der Waals surface area contributed by atoms with Crippen molar-refractivity contribution in [2.75, 3.05) is 0 Å². The molecular formula is C48H31N3Se2. The van der Waals surface area contributed by atoms with Crippen molar-refractivity contribution in [1.29, 1.82) is 0 Å². The number of nitrogens with zero attached hydrogens (tertiary/aromatic N) is 2. The van der Waals surface area contributed by atoms with Gasteiger partial charge in [-0.2, -0.15) is 0 Å². The van der Waals surface area contributed by atoms with Crippen molar-refractivity contribution in [3.05, 3.63) is 181 Å². The monoisotopic (exact) mass is 809 g/mol. The van der Waals surface area contributed by atoms with Gasteiger partial charge in [-0.1, -0.05) is 0 Å². The van der Waals surface area contributed by atoms with Crippen LogP contribution < -0.4 is 0 Å². The summed E-state index contributed by atoms with van der Waals surface area (Å²) >= 11 is 0.255. The minimum atomic E-state index is 0.128. The molecule has 2 aliphatic rings. The molecule has 0 saturated carbocycles. The molecule has 4 aromatic carbocycles. The van der Waals surface area contributed by atoms with E-state index in [9.17, 15) is 0 Å². The molecule has 1 N–H and O–H groups in total. The van der Waals surface area contributed by atoms with Crippen molar-refractivity contribution in [3.63, 3.8) is 0 Å². The average Bonchev–Trinajstić information content (AvgIpc) is 4.07. The van der Waals surface area contributed by atoms with Gasteiger partial charge in [0.05, 0.1) is 0 Å². The van der Waals surface area contributed by atoms with E-state index in [1.165, 1.54) is 39.3 Å². The van der Waals surface area contributed by atoms with E-state index in [0.717, 1.165) is 56.1 Å². The SMILES string of the molecule is C1=Cc2nc1c(-c1ccccc1)c1ccc([nH]1)c(-c1ccccc1)c1nc(c(-c3ccccc3)c3ccc([se]3)c3ccc([se]3)c2-c2ccccc2)C=C1. The van der Waals surface area contributed by atoms with Gasteiger partial charge in [0.1, 0.15) is 0 Å². The molecule has 3 nitrogen and oxygen atoms in total. The Kier molecular flexibility index (Phi) is 8.21. The van der Waals surface area contributed by atoms with Gasteiger partial charge in [-0.05, 0) is 0 Å². The Morgan fingerprint density at radius 1 is 0.302 bits per heavy atom. The Morgan fingerprint density at radius 2 is 0.604 bits per heavy atom. The zero-order valence-electron chi connectivity index (χ0n) is 28.5. The first-order valence-corrected chi connectivity index (χ1v) is 21.1. The summed E-state index contributed by atoms with van der Waals surface area (Å²) in [5, 5.41) is 0. The van der Waals surface area contributed by atoms with E-state index in [1.54, 1.807) is 0 Å². The summed E-state index contributed by atoms with van der Waals surface area (Å²) in [7, 11) is 0. The third kappa shape index (κ3) is 5.95. The summed E-state index contributed by atoms with van der Waals surface area (Å²) < 4.78 is 5.59. The molecule has 0 atom stereocenters. The predicted octanol–water partition coefficient (Wildman–Crippen LogP) is 11.8. The molecular weight excluding hydrogens is 776 g/mol. The van der Waals surface area contributed by atoms with Crippen LogP contribution in [0.25, 0.3) is 96.9 Å². The Balaban J connectivity index is 1.39. The van der Waals surface area contributed by atoms with Crippen LogP contribution in [0, 0.1) is 0 Å². The molecule has 10 bridgehead atoms. The summed E-state index contributed by atoms with van der Waals surface area (Å²) in [5.41, 5.74) is 15.1. The fourth-order valence-corrected chi connectivity index (χ4v) is 12.4. The summed E-state index contributed by atoms with van der Waals surface area (Å²) in [4.78, 5) is 14.7. The van der Waals surface area contributed by atoms with Crippen molar-refractivity contribution < 1.29 is 0 Å². The first-order chi connectivity index (χ1) is 26.3. The summed E-state index contributed by atoms with van der Waals surface area (Å²) in [6.07, 6.45) is 8.77. The van der Waals surface area contributed by atoms with Crippen molar-refractivity contribution in [2.24, 2.45) is 0 Å². The second kappa shape index (κ2) is 13.6. The molecule has 0 amide bonds. The number of hydrogen-bond acceptors (Lipinski definition) is 2. The zero-order valence-corrected chi connectivity index (χ0v) is 32.0. The van der Waals surface area contributed by atoms with Gasteiger partial charge in [-0.15, -0.1) is 0 Å². The van der Waals surface area contributed by atoms with Gasteiger partial charge >= 0.3 is 321 Å². The maximum absolute atomic E-state index is 5.44. The van der Waals surface area contributed by atoms with Crippen LogP contribution >= 0.6 is 0 Å². The fraction of sp³-hybridized carbons (Fsp3) is 0. The summed E-state index contributed by atoms with van der Waals surface area (Å²) in [6.45, 7) is 0. The van der Waals surface area contributed by atoms with Crippen LogP contribution in [0.4, 0.5) is 0 Å². The first-order valence-electron chi connectivity index (χ1n) is 17.7. The Labute approximate surface area is 319 Å². The maximum atomic E-state index is 5.44. The Morgan fingerprint density at radius 3 is 0.962 bits per heavy atom. The van der Waals surface area contributed by atoms with Crippen molar-refractivity contribution in [3.8, 4) is 44.5 Å². The molecule has 10 rings (SSSR count). The average molecular weight is 808 g/mol. The number of hydrogen-bond donors (Lipinski definition) is 1. The number of aromatic nitrogens is 3. The van der Waals surface area contributed by atoms with Gasteiger partial charge in [0.25, 0.3) is 0 Å². The molecule has 0 spiro atoms. The molecule has 0 radical (unpaired) electrons. The van der Waals surface area contributed by atoms with E-state index in [-0.39, 0.29) is 29.0 Å². The number of benzene rings is 4. The van der Waals surface area contributed by atoms with E-state index in [4.69, 9.17) is 9.97 Å². The summed E-state index contributed by atoms with van der Waals surface area (Å²) in [5.74, 6) is 0. The standard InChI is InChI=1S/C48H31N3Se2/c1-5-13-31(14-6-1)45-35-21-22-36(49-35)46(32-15-7-2-8-16-32)38-24-26-40(51-38)48(34-19-11-4-12-20-34)44-30-28-42(53-44)41-27-29-43(52-41)47(33-17-9-3-10-18-33)39-25-23-37(45)50-39/h1-30,49H. The molecule has 0 unspecified atom stereocenters. The van der Waals surface area contributed by atoms with Crippen LogP contribution in [-0.2, 0) is 0 Å². The third-order valence-corrected chi connectivity index (χ3v) is 15.1. The van der Waals surface area contributed by atoms with Gasteiger partial charge < -0.3 is 0 Å². The zero-order chi connectivity index (χ0) is 35.1. The Bertz CT molecular complexity index is 2720. The van der Waals surface area contributed by atoms with Crippen molar-refractivity contribution in [1.82, 2.24) is 15.0 Å². The number of nitrogens with one attached hydrogen (secondary N) is 1. The van der Waals surface area contributed by atoms with Gasteiger partial charge in [0.2, 0.25) is 0 Å². The quantitative estimate of drug-likeness (QED) is 0.180. The number of rotatable bonds is 4. The molecule has 0 saturated heterocycles. The Hall–Kier alpha value is -5.80. The van der Waals surface area contributed by atoms with E-state index in [0.29, 0.717) is 0 Å². The second-order valence-electron chi connectivity index (χ2n) is 13.0. The van der Waals surface area contributed by atoms with Gasteiger partial charge in [0, 0.05) is 0 Å². The number of fused-ring (bicyclic) bond motifs is 11. The molecule has 2 aliphatic heterocycles. The number of aromatic amines is 1. The third-order valence-electron chi connectivity index (χ3n) is 9.73. The van der Waals surface area contributed by atoms with Crippen molar-refractivity contribution in [2.45, 2.75) is 0 Å². The molecule has 8 aromatic rings. The van der Waals surface area contributed by atoms with E-state index < -0.39 is 0 Å². The normalized spacial score (nSPS) is 12.0. The second-order valence-corrected chi connectivity index (χ2v) is 17.6. The molecule has 5 heteroatoms. The van der Waals surface area contributed by atoms with Gasteiger partial charge in [-0.3, -0.25) is 0 Å². The van der Waals surface area contributed by atoms with Crippen molar-refractivity contribution >= 4 is 81.4 Å². The van der Waals surface area contributed by atoms with E-state index >= 15 is 0 Å². The van der Waals surface area contributed by atoms with Crippen LogP contribution in [0.15, 0.2) is 158 Å². The molecule has 0 aliphatic carbocycles. The number of H-pyrrole nitrogens is 1.